The van der Waals surface area contributed by atoms with Crippen molar-refractivity contribution < 1.29 is 4.79 Å². The van der Waals surface area contributed by atoms with Crippen molar-refractivity contribution in [2.75, 3.05) is 24.7 Å². The second-order valence-corrected chi connectivity index (χ2v) is 6.44. The largest absolute Gasteiger partial charge is 0.342 e. The van der Waals surface area contributed by atoms with Crippen LogP contribution in [0.25, 0.3) is 11.4 Å². The molecule has 0 saturated carbocycles. The van der Waals surface area contributed by atoms with Crippen molar-refractivity contribution in [3.8, 4) is 11.4 Å². The van der Waals surface area contributed by atoms with Crippen molar-refractivity contribution in [2.24, 2.45) is 0 Å². The molecular weight excluding hydrogens is 322 g/mol. The summed E-state index contributed by atoms with van der Waals surface area (Å²) in [6, 6.07) is 7.25. The van der Waals surface area contributed by atoms with E-state index >= 15 is 0 Å². The van der Waals surface area contributed by atoms with Gasteiger partial charge >= 0.3 is 0 Å². The summed E-state index contributed by atoms with van der Waals surface area (Å²) < 4.78 is 1.40. The van der Waals surface area contributed by atoms with E-state index in [9.17, 15) is 4.79 Å². The van der Waals surface area contributed by atoms with Crippen molar-refractivity contribution >= 4 is 29.3 Å². The number of halogens is 1. The first kappa shape index (κ1) is 15.2. The van der Waals surface area contributed by atoms with Gasteiger partial charge in [0.15, 0.2) is 5.82 Å². The molecule has 1 fully saturated rings. The molecule has 1 aromatic heterocycles. The third kappa shape index (κ3) is 3.20. The fourth-order valence-corrected chi connectivity index (χ4v) is 3.33. The number of carbonyl (C=O) groups excluding carboxylic acids is 1. The lowest BCUT2D eigenvalue weighted by molar-refractivity contribution is -0.127. The molecule has 2 N–H and O–H groups in total. The van der Waals surface area contributed by atoms with Gasteiger partial charge in [0.25, 0.3) is 0 Å². The molecule has 22 heavy (non-hydrogen) atoms. The average Bonchev–Trinajstić information content (AvgIpc) is 3.15. The fraction of sp³-hybridized carbons (Fsp3) is 0.357. The van der Waals surface area contributed by atoms with Gasteiger partial charge in [-0.3, -0.25) is 4.79 Å². The summed E-state index contributed by atoms with van der Waals surface area (Å²) in [6.07, 6.45) is 2.17. The lowest BCUT2D eigenvalue weighted by atomic mass is 10.2. The van der Waals surface area contributed by atoms with E-state index < -0.39 is 0 Å². The molecule has 1 amide bonds. The Balaban J connectivity index is 1.69. The predicted octanol–water partition coefficient (Wildman–Crippen LogP) is 2.03. The standard InChI is InChI=1S/C14H16ClN5OS/c15-11-5-3-4-10(8-11)13-17-18-14(20(13)16)22-9-12(21)19-6-1-2-7-19/h3-5,8H,1-2,6-7,9,16H2. The Kier molecular flexibility index (Phi) is 4.54. The Morgan fingerprint density at radius 1 is 1.32 bits per heavy atom. The highest BCUT2D eigenvalue weighted by atomic mass is 35.5. The van der Waals surface area contributed by atoms with Gasteiger partial charge in [0, 0.05) is 23.7 Å². The lowest BCUT2D eigenvalue weighted by Gasteiger charge is -2.14. The third-order valence-corrected chi connectivity index (χ3v) is 4.69. The van der Waals surface area contributed by atoms with Crippen LogP contribution < -0.4 is 5.84 Å². The van der Waals surface area contributed by atoms with Gasteiger partial charge in [-0.1, -0.05) is 35.5 Å². The zero-order valence-electron chi connectivity index (χ0n) is 11.9. The predicted molar refractivity (Wildman–Crippen MR) is 87.2 cm³/mol. The van der Waals surface area contributed by atoms with E-state index in [4.69, 9.17) is 17.4 Å². The van der Waals surface area contributed by atoms with Gasteiger partial charge in [-0.25, -0.2) is 4.68 Å². The van der Waals surface area contributed by atoms with Crippen molar-refractivity contribution in [1.82, 2.24) is 19.8 Å². The van der Waals surface area contributed by atoms with Gasteiger partial charge in [-0.15, -0.1) is 10.2 Å². The smallest absolute Gasteiger partial charge is 0.233 e. The minimum Gasteiger partial charge on any atom is -0.342 e. The van der Waals surface area contributed by atoms with Crippen LogP contribution in [0.15, 0.2) is 29.4 Å². The molecule has 1 aromatic carbocycles. The maximum atomic E-state index is 12.0. The van der Waals surface area contributed by atoms with E-state index in [1.54, 1.807) is 12.1 Å². The number of amides is 1. The van der Waals surface area contributed by atoms with Crippen LogP contribution in [-0.2, 0) is 4.79 Å². The van der Waals surface area contributed by atoms with Crippen LogP contribution in [0.1, 0.15) is 12.8 Å². The van der Waals surface area contributed by atoms with Gasteiger partial charge in [-0.05, 0) is 25.0 Å². The van der Waals surface area contributed by atoms with Crippen LogP contribution in [-0.4, -0.2) is 44.5 Å². The minimum absolute atomic E-state index is 0.120. The molecule has 3 rings (SSSR count). The van der Waals surface area contributed by atoms with E-state index in [0.29, 0.717) is 21.8 Å². The fourth-order valence-electron chi connectivity index (χ4n) is 2.38. The molecule has 0 radical (unpaired) electrons. The van der Waals surface area contributed by atoms with E-state index in [2.05, 4.69) is 10.2 Å². The van der Waals surface area contributed by atoms with Crippen molar-refractivity contribution in [3.05, 3.63) is 29.3 Å². The van der Waals surface area contributed by atoms with Gasteiger partial charge in [0.05, 0.1) is 5.75 Å². The monoisotopic (exact) mass is 337 g/mol. The first-order valence-corrected chi connectivity index (χ1v) is 8.38. The van der Waals surface area contributed by atoms with Crippen LogP contribution in [0.4, 0.5) is 0 Å². The SMILES string of the molecule is Nn1c(SCC(=O)N2CCCC2)nnc1-c1cccc(Cl)c1. The topological polar surface area (TPSA) is 77.0 Å². The lowest BCUT2D eigenvalue weighted by Crippen LogP contribution is -2.29. The van der Waals surface area contributed by atoms with Crippen molar-refractivity contribution in [3.63, 3.8) is 0 Å². The molecule has 2 heterocycles. The van der Waals surface area contributed by atoms with Crippen LogP contribution in [0.5, 0.6) is 0 Å². The highest BCUT2D eigenvalue weighted by molar-refractivity contribution is 7.99. The van der Waals surface area contributed by atoms with E-state index in [1.807, 2.05) is 17.0 Å². The molecular formula is C14H16ClN5OS. The van der Waals surface area contributed by atoms with Crippen LogP contribution in [0.3, 0.4) is 0 Å². The minimum atomic E-state index is 0.120. The number of nitrogen functional groups attached to an aromatic ring is 1. The Hall–Kier alpha value is -1.73. The summed E-state index contributed by atoms with van der Waals surface area (Å²) in [7, 11) is 0. The molecule has 116 valence electrons. The number of carbonyl (C=O) groups is 1. The van der Waals surface area contributed by atoms with Crippen LogP contribution >= 0.6 is 23.4 Å². The first-order chi connectivity index (χ1) is 10.6. The van der Waals surface area contributed by atoms with E-state index in [-0.39, 0.29) is 5.91 Å². The average molecular weight is 338 g/mol. The van der Waals surface area contributed by atoms with Gasteiger partial charge in [-0.2, -0.15) is 0 Å². The molecule has 1 aliphatic rings. The second kappa shape index (κ2) is 6.58. The Bertz CT molecular complexity index is 684. The number of nitrogens with zero attached hydrogens (tertiary/aromatic N) is 4. The Morgan fingerprint density at radius 3 is 2.82 bits per heavy atom. The molecule has 0 aliphatic carbocycles. The summed E-state index contributed by atoms with van der Waals surface area (Å²) in [6.45, 7) is 1.70. The highest BCUT2D eigenvalue weighted by Crippen LogP contribution is 2.24. The number of benzene rings is 1. The summed E-state index contributed by atoms with van der Waals surface area (Å²) in [4.78, 5) is 13.9. The highest BCUT2D eigenvalue weighted by Gasteiger charge is 2.19. The van der Waals surface area contributed by atoms with Gasteiger partial charge in [0.2, 0.25) is 11.1 Å². The number of likely N-dealkylation sites (tertiary alicyclic amines) is 1. The number of rotatable bonds is 4. The second-order valence-electron chi connectivity index (χ2n) is 5.06. The zero-order chi connectivity index (χ0) is 15.5. The summed E-state index contributed by atoms with van der Waals surface area (Å²) in [5.41, 5.74) is 0.792. The zero-order valence-corrected chi connectivity index (χ0v) is 13.5. The van der Waals surface area contributed by atoms with E-state index in [0.717, 1.165) is 31.5 Å². The molecule has 0 bridgehead atoms. The Labute approximate surface area is 137 Å². The van der Waals surface area contributed by atoms with Gasteiger partial charge in [0.1, 0.15) is 0 Å². The first-order valence-electron chi connectivity index (χ1n) is 7.02. The number of hydrogen-bond donors (Lipinski definition) is 1. The van der Waals surface area contributed by atoms with Crippen molar-refractivity contribution in [1.29, 1.82) is 0 Å². The summed E-state index contributed by atoms with van der Waals surface area (Å²) in [5, 5.41) is 9.27. The van der Waals surface area contributed by atoms with Crippen molar-refractivity contribution in [2.45, 2.75) is 18.0 Å². The van der Waals surface area contributed by atoms with Crippen LogP contribution in [0.2, 0.25) is 5.02 Å². The molecule has 0 spiro atoms. The maximum absolute atomic E-state index is 12.0. The summed E-state index contributed by atoms with van der Waals surface area (Å²) in [5.74, 6) is 7.00. The number of nitrogens with two attached hydrogens (primary N) is 1. The van der Waals surface area contributed by atoms with Crippen LogP contribution in [0, 0.1) is 0 Å². The third-order valence-electron chi connectivity index (χ3n) is 3.53. The maximum Gasteiger partial charge on any atom is 0.233 e. The van der Waals surface area contributed by atoms with E-state index in [1.165, 1.54) is 16.4 Å². The molecule has 2 aromatic rings. The molecule has 8 heteroatoms. The normalized spacial score (nSPS) is 14.5. The van der Waals surface area contributed by atoms with Gasteiger partial charge < -0.3 is 10.7 Å². The quantitative estimate of drug-likeness (QED) is 0.682. The molecule has 6 nitrogen and oxygen atoms in total. The summed E-state index contributed by atoms with van der Waals surface area (Å²) >= 11 is 7.28. The number of thioether (sulfide) groups is 1. The molecule has 1 aliphatic heterocycles. The molecule has 1 saturated heterocycles. The number of aromatic nitrogens is 3. The molecule has 0 unspecified atom stereocenters. The Morgan fingerprint density at radius 2 is 2.09 bits per heavy atom. The number of hydrogen-bond acceptors (Lipinski definition) is 5. The molecule has 0 atom stereocenters.